The van der Waals surface area contributed by atoms with Gasteiger partial charge in [0.15, 0.2) is 0 Å². The lowest BCUT2D eigenvalue weighted by atomic mass is 10.2. The Morgan fingerprint density at radius 1 is 1.40 bits per heavy atom. The molecule has 1 aromatic carbocycles. The van der Waals surface area contributed by atoms with Crippen LogP contribution in [0.5, 0.6) is 11.5 Å². The Bertz CT molecular complexity index is 574. The maximum atomic E-state index is 12.4. The van der Waals surface area contributed by atoms with Gasteiger partial charge in [0.2, 0.25) is 0 Å². The molecule has 0 aliphatic carbocycles. The summed E-state index contributed by atoms with van der Waals surface area (Å²) < 4.78 is 35.8. The van der Waals surface area contributed by atoms with Gasteiger partial charge in [-0.3, -0.25) is 4.68 Å². The van der Waals surface area contributed by atoms with Gasteiger partial charge in [0.05, 0.1) is 31.2 Å². The first kappa shape index (κ1) is 14.0. The lowest BCUT2D eigenvalue weighted by Crippen LogP contribution is -2.09. The molecule has 20 heavy (non-hydrogen) atoms. The number of aromatic nitrogens is 3. The van der Waals surface area contributed by atoms with Crippen LogP contribution in [0.1, 0.15) is 5.69 Å². The molecule has 0 aliphatic rings. The fraction of sp³-hybridized carbons (Fsp3) is 0.333. The highest BCUT2D eigenvalue weighted by molar-refractivity contribution is 5.59. The quantitative estimate of drug-likeness (QED) is 0.879. The monoisotopic (exact) mass is 284 g/mol. The van der Waals surface area contributed by atoms with Gasteiger partial charge in [0.1, 0.15) is 11.5 Å². The first-order valence-corrected chi connectivity index (χ1v) is 5.80. The summed E-state index contributed by atoms with van der Waals surface area (Å²) in [6, 6.07) is 4.56. The van der Waals surface area contributed by atoms with Gasteiger partial charge in [-0.2, -0.15) is 8.78 Å². The third-order valence-electron chi connectivity index (χ3n) is 2.67. The fourth-order valence-corrected chi connectivity index (χ4v) is 1.63. The Morgan fingerprint density at radius 2 is 2.20 bits per heavy atom. The minimum atomic E-state index is -2.89. The smallest absolute Gasteiger partial charge is 0.387 e. The summed E-state index contributed by atoms with van der Waals surface area (Å²) in [6.07, 6.45) is 1.58. The predicted molar refractivity (Wildman–Crippen MR) is 68.0 cm³/mol. The van der Waals surface area contributed by atoms with Crippen molar-refractivity contribution in [3.05, 3.63) is 30.1 Å². The van der Waals surface area contributed by atoms with Crippen LogP contribution in [-0.4, -0.2) is 28.7 Å². The maximum absolute atomic E-state index is 12.4. The maximum Gasteiger partial charge on any atom is 0.387 e. The van der Waals surface area contributed by atoms with E-state index in [1.807, 2.05) is 0 Å². The molecule has 8 heteroatoms. The van der Waals surface area contributed by atoms with Gasteiger partial charge in [0.25, 0.3) is 0 Å². The molecule has 0 unspecified atom stereocenters. The van der Waals surface area contributed by atoms with Crippen molar-refractivity contribution in [2.24, 2.45) is 7.05 Å². The van der Waals surface area contributed by atoms with E-state index in [4.69, 9.17) is 4.74 Å². The molecule has 0 saturated heterocycles. The second-order valence-corrected chi connectivity index (χ2v) is 3.94. The number of anilines is 1. The van der Waals surface area contributed by atoms with E-state index in [2.05, 4.69) is 20.4 Å². The van der Waals surface area contributed by atoms with Crippen molar-refractivity contribution in [1.82, 2.24) is 15.0 Å². The molecule has 6 nitrogen and oxygen atoms in total. The van der Waals surface area contributed by atoms with E-state index in [-0.39, 0.29) is 5.75 Å². The van der Waals surface area contributed by atoms with E-state index in [1.54, 1.807) is 30.1 Å². The average Bonchev–Trinajstić information content (AvgIpc) is 2.82. The van der Waals surface area contributed by atoms with E-state index < -0.39 is 6.61 Å². The number of methoxy groups -OCH3 is 1. The number of nitrogens with zero attached hydrogens (tertiary/aromatic N) is 3. The third kappa shape index (κ3) is 3.34. The van der Waals surface area contributed by atoms with Crippen molar-refractivity contribution < 1.29 is 18.3 Å². The molecule has 1 heterocycles. The molecule has 2 rings (SSSR count). The Hall–Kier alpha value is -2.38. The summed E-state index contributed by atoms with van der Waals surface area (Å²) in [6.45, 7) is -2.52. The van der Waals surface area contributed by atoms with E-state index in [0.29, 0.717) is 18.0 Å². The van der Waals surface area contributed by atoms with E-state index in [1.165, 1.54) is 13.2 Å². The molecule has 0 radical (unpaired) electrons. The molecular formula is C12H14F2N4O2. The number of alkyl halides is 2. The molecule has 0 saturated carbocycles. The van der Waals surface area contributed by atoms with Crippen LogP contribution in [0.2, 0.25) is 0 Å². The van der Waals surface area contributed by atoms with Gasteiger partial charge in [0, 0.05) is 13.1 Å². The van der Waals surface area contributed by atoms with Gasteiger partial charge < -0.3 is 14.8 Å². The van der Waals surface area contributed by atoms with E-state index in [0.717, 1.165) is 5.69 Å². The second kappa shape index (κ2) is 6.18. The lowest BCUT2D eigenvalue weighted by Gasteiger charge is -2.13. The zero-order valence-corrected chi connectivity index (χ0v) is 11.0. The number of ether oxygens (including phenoxy) is 2. The van der Waals surface area contributed by atoms with Crippen molar-refractivity contribution in [1.29, 1.82) is 0 Å². The summed E-state index contributed by atoms with van der Waals surface area (Å²) in [5.74, 6) is 0.591. The molecule has 0 atom stereocenters. The number of benzene rings is 1. The van der Waals surface area contributed by atoms with Crippen LogP contribution in [0, 0.1) is 0 Å². The average molecular weight is 284 g/mol. The Morgan fingerprint density at radius 3 is 2.80 bits per heavy atom. The van der Waals surface area contributed by atoms with Crippen molar-refractivity contribution in [3.63, 3.8) is 0 Å². The summed E-state index contributed by atoms with van der Waals surface area (Å²) in [5, 5.41) is 10.5. The summed E-state index contributed by atoms with van der Waals surface area (Å²) in [4.78, 5) is 0. The third-order valence-corrected chi connectivity index (χ3v) is 2.67. The van der Waals surface area contributed by atoms with Crippen LogP contribution < -0.4 is 14.8 Å². The standard InChI is InChI=1S/C12H14F2N4O2/c1-18-8(7-16-17-18)6-15-10-5-9(19-2)3-4-11(10)20-12(13)14/h3-5,7,12,15H,6H2,1-2H3. The zero-order chi connectivity index (χ0) is 14.5. The molecule has 2 aromatic rings. The van der Waals surface area contributed by atoms with Crippen molar-refractivity contribution in [2.45, 2.75) is 13.2 Å². The van der Waals surface area contributed by atoms with Crippen LogP contribution in [0.25, 0.3) is 0 Å². The van der Waals surface area contributed by atoms with E-state index >= 15 is 0 Å². The van der Waals surface area contributed by atoms with Crippen molar-refractivity contribution in [2.75, 3.05) is 12.4 Å². The normalized spacial score (nSPS) is 10.7. The highest BCUT2D eigenvalue weighted by Gasteiger charge is 2.11. The van der Waals surface area contributed by atoms with Crippen LogP contribution in [0.15, 0.2) is 24.4 Å². The Balaban J connectivity index is 2.17. The van der Waals surface area contributed by atoms with Gasteiger partial charge in [-0.1, -0.05) is 5.21 Å². The van der Waals surface area contributed by atoms with Crippen LogP contribution in [-0.2, 0) is 13.6 Å². The summed E-state index contributed by atoms with van der Waals surface area (Å²) >= 11 is 0. The van der Waals surface area contributed by atoms with Crippen LogP contribution >= 0.6 is 0 Å². The number of rotatable bonds is 6. The number of halogens is 2. The highest BCUT2D eigenvalue weighted by Crippen LogP contribution is 2.30. The van der Waals surface area contributed by atoms with Gasteiger partial charge in [-0.15, -0.1) is 5.10 Å². The number of hydrogen-bond donors (Lipinski definition) is 1. The molecular weight excluding hydrogens is 270 g/mol. The molecule has 0 amide bonds. The molecule has 108 valence electrons. The topological polar surface area (TPSA) is 61.2 Å². The minimum Gasteiger partial charge on any atom is -0.497 e. The van der Waals surface area contributed by atoms with Crippen molar-refractivity contribution in [3.8, 4) is 11.5 Å². The molecule has 0 fully saturated rings. The SMILES string of the molecule is COc1ccc(OC(F)F)c(NCc2cnnn2C)c1. The number of hydrogen-bond acceptors (Lipinski definition) is 5. The Kier molecular flexibility index (Phi) is 4.34. The van der Waals surface area contributed by atoms with Crippen LogP contribution in [0.3, 0.4) is 0 Å². The minimum absolute atomic E-state index is 0.0518. The predicted octanol–water partition coefficient (Wildman–Crippen LogP) is 2.04. The second-order valence-electron chi connectivity index (χ2n) is 3.94. The molecule has 1 aromatic heterocycles. The lowest BCUT2D eigenvalue weighted by molar-refractivity contribution is -0.0494. The first-order chi connectivity index (χ1) is 9.60. The van der Waals surface area contributed by atoms with E-state index in [9.17, 15) is 8.78 Å². The summed E-state index contributed by atoms with van der Waals surface area (Å²) in [5.41, 5.74) is 1.21. The fourth-order valence-electron chi connectivity index (χ4n) is 1.63. The molecule has 0 aliphatic heterocycles. The highest BCUT2D eigenvalue weighted by atomic mass is 19.3. The largest absolute Gasteiger partial charge is 0.497 e. The molecule has 0 spiro atoms. The zero-order valence-electron chi connectivity index (χ0n) is 11.0. The van der Waals surface area contributed by atoms with Gasteiger partial charge in [-0.05, 0) is 12.1 Å². The number of nitrogens with one attached hydrogen (secondary N) is 1. The summed E-state index contributed by atoms with van der Waals surface area (Å²) in [7, 11) is 3.24. The Labute approximate surface area is 114 Å². The van der Waals surface area contributed by atoms with Gasteiger partial charge >= 0.3 is 6.61 Å². The van der Waals surface area contributed by atoms with Gasteiger partial charge in [-0.25, -0.2) is 0 Å². The molecule has 0 bridgehead atoms. The van der Waals surface area contributed by atoms with Crippen LogP contribution in [0.4, 0.5) is 14.5 Å². The van der Waals surface area contributed by atoms with Crippen molar-refractivity contribution >= 4 is 5.69 Å². The first-order valence-electron chi connectivity index (χ1n) is 5.80. The molecule has 1 N–H and O–H groups in total. The number of aryl methyl sites for hydroxylation is 1.